The van der Waals surface area contributed by atoms with Crippen molar-refractivity contribution in [2.45, 2.75) is 81.1 Å². The highest BCUT2D eigenvalue weighted by Crippen LogP contribution is 2.67. The lowest BCUT2D eigenvalue weighted by Gasteiger charge is -2.69. The number of nitrogens with zero attached hydrogens (tertiary/aromatic N) is 1. The fourth-order valence-electron chi connectivity index (χ4n) is 7.28. The standard InChI is InChI=1S/C23H31NO5/c1-2-11-28-23-8-7-17(26)21-22(23)9-10-24(27,13-14-3-4-14)18(23)12-15-5-6-16(25)20(29-21)19(15)22/h5-6,14,17-18,21,25-26H,2-4,7-13H2,1H3/t17-,18+,21-,22?,23+,24?/m0/s1. The first-order chi connectivity index (χ1) is 14.0. The first kappa shape index (κ1) is 18.4. The van der Waals surface area contributed by atoms with Gasteiger partial charge in [-0.25, -0.2) is 0 Å². The number of hydrogen-bond donors (Lipinski definition) is 2. The van der Waals surface area contributed by atoms with Gasteiger partial charge in [0, 0.05) is 30.9 Å². The molecule has 5 aliphatic rings. The minimum atomic E-state index is -0.631. The van der Waals surface area contributed by atoms with Crippen LogP contribution in [0.1, 0.15) is 56.6 Å². The highest BCUT2D eigenvalue weighted by atomic mass is 16.6. The number of quaternary nitrogens is 1. The molecule has 1 saturated heterocycles. The lowest BCUT2D eigenvalue weighted by Crippen LogP contribution is -2.81. The number of aliphatic hydroxyl groups excluding tert-OH is 1. The first-order valence-electron chi connectivity index (χ1n) is 11.4. The van der Waals surface area contributed by atoms with Crippen LogP contribution in [0.25, 0.3) is 0 Å². The molecule has 6 rings (SSSR count). The third kappa shape index (κ3) is 2.16. The molecule has 1 aromatic carbocycles. The number of aliphatic hydroxyl groups is 1. The summed E-state index contributed by atoms with van der Waals surface area (Å²) in [5.41, 5.74) is 0.950. The van der Waals surface area contributed by atoms with Crippen LogP contribution in [-0.2, 0) is 16.6 Å². The van der Waals surface area contributed by atoms with Gasteiger partial charge in [-0.15, -0.1) is 0 Å². The number of phenols is 1. The Morgan fingerprint density at radius 1 is 1.28 bits per heavy atom. The number of hydroxylamine groups is 3. The lowest BCUT2D eigenvalue weighted by molar-refractivity contribution is -0.924. The molecule has 158 valence electrons. The highest BCUT2D eigenvalue weighted by Gasteiger charge is 2.76. The smallest absolute Gasteiger partial charge is 0.165 e. The molecule has 0 radical (unpaired) electrons. The number of rotatable bonds is 5. The molecule has 2 bridgehead atoms. The maximum absolute atomic E-state index is 14.3. The summed E-state index contributed by atoms with van der Waals surface area (Å²) in [4.78, 5) is 0. The molecule has 2 aliphatic heterocycles. The summed E-state index contributed by atoms with van der Waals surface area (Å²) in [7, 11) is 0. The van der Waals surface area contributed by atoms with E-state index in [-0.39, 0.29) is 16.4 Å². The molecule has 2 heterocycles. The van der Waals surface area contributed by atoms with Gasteiger partial charge in [-0.2, -0.15) is 0 Å². The van der Waals surface area contributed by atoms with Crippen molar-refractivity contribution in [3.8, 4) is 11.5 Å². The van der Waals surface area contributed by atoms with Crippen LogP contribution >= 0.6 is 0 Å². The Hall–Kier alpha value is -1.34. The second-order valence-electron chi connectivity index (χ2n) is 10.1. The predicted molar refractivity (Wildman–Crippen MR) is 107 cm³/mol. The van der Waals surface area contributed by atoms with Crippen LogP contribution in [0.4, 0.5) is 0 Å². The average Bonchev–Trinajstić information content (AvgIpc) is 3.43. The van der Waals surface area contributed by atoms with E-state index < -0.39 is 23.2 Å². The zero-order valence-electron chi connectivity index (χ0n) is 17.1. The van der Waals surface area contributed by atoms with E-state index in [1.54, 1.807) is 6.07 Å². The van der Waals surface area contributed by atoms with Crippen molar-refractivity contribution in [2.24, 2.45) is 5.92 Å². The normalized spacial score (nSPS) is 44.3. The molecule has 1 aromatic rings. The van der Waals surface area contributed by atoms with E-state index in [0.717, 1.165) is 17.5 Å². The van der Waals surface area contributed by atoms with Gasteiger partial charge in [-0.05, 0) is 43.7 Å². The van der Waals surface area contributed by atoms with E-state index in [9.17, 15) is 15.4 Å². The Morgan fingerprint density at radius 3 is 2.86 bits per heavy atom. The summed E-state index contributed by atoms with van der Waals surface area (Å²) in [6.45, 7) is 3.93. The fourth-order valence-corrected chi connectivity index (χ4v) is 7.28. The summed E-state index contributed by atoms with van der Waals surface area (Å²) in [6, 6.07) is 3.47. The van der Waals surface area contributed by atoms with Crippen LogP contribution in [0.2, 0.25) is 0 Å². The van der Waals surface area contributed by atoms with Crippen LogP contribution in [-0.4, -0.2) is 58.4 Å². The van der Waals surface area contributed by atoms with E-state index >= 15 is 0 Å². The van der Waals surface area contributed by atoms with Crippen molar-refractivity contribution >= 4 is 0 Å². The quantitative estimate of drug-likeness (QED) is 0.586. The van der Waals surface area contributed by atoms with Crippen molar-refractivity contribution in [2.75, 3.05) is 19.7 Å². The summed E-state index contributed by atoms with van der Waals surface area (Å²) < 4.78 is 12.9. The van der Waals surface area contributed by atoms with Gasteiger partial charge in [-0.1, -0.05) is 13.0 Å². The van der Waals surface area contributed by atoms with E-state index in [0.29, 0.717) is 57.0 Å². The zero-order chi connectivity index (χ0) is 20.0. The largest absolute Gasteiger partial charge is 0.632 e. The number of phenolic OH excluding ortho intramolecular Hbond substituents is 1. The van der Waals surface area contributed by atoms with Crippen molar-refractivity contribution in [1.29, 1.82) is 0 Å². The van der Waals surface area contributed by atoms with E-state index in [2.05, 4.69) is 6.92 Å². The number of hydrogen-bond acceptors (Lipinski definition) is 5. The molecule has 2 unspecified atom stereocenters. The molecule has 2 N–H and O–H groups in total. The number of benzene rings is 1. The van der Waals surface area contributed by atoms with Crippen molar-refractivity contribution in [3.63, 3.8) is 0 Å². The summed E-state index contributed by atoms with van der Waals surface area (Å²) in [6.07, 6.45) is 4.73. The molecule has 3 fully saturated rings. The Bertz CT molecular complexity index is 852. The topological polar surface area (TPSA) is 82.0 Å². The number of likely N-dealkylation sites (tertiary alicyclic amines) is 1. The maximum atomic E-state index is 14.3. The summed E-state index contributed by atoms with van der Waals surface area (Å²) >= 11 is 0. The van der Waals surface area contributed by atoms with Gasteiger partial charge in [-0.3, -0.25) is 0 Å². The van der Waals surface area contributed by atoms with Gasteiger partial charge in [0.05, 0.1) is 24.6 Å². The van der Waals surface area contributed by atoms with Crippen LogP contribution in [0.15, 0.2) is 12.1 Å². The SMILES string of the molecule is CCCO[C@@]12CC[C@H](O)[C@@H]3Oc4c(O)ccc5c4C31CC[N+]([O-])(CC1CC1)[C@@H]2C5. The average molecular weight is 402 g/mol. The molecule has 2 saturated carbocycles. The molecule has 6 atom stereocenters. The summed E-state index contributed by atoms with van der Waals surface area (Å²) in [5.74, 6) is 1.20. The molecule has 3 aliphatic carbocycles. The Labute approximate surface area is 171 Å². The minimum absolute atomic E-state index is 0.133. The molecular formula is C23H31NO5. The molecule has 0 aromatic heterocycles. The van der Waals surface area contributed by atoms with Gasteiger partial charge in [0.25, 0.3) is 0 Å². The van der Waals surface area contributed by atoms with E-state index in [1.807, 2.05) is 6.07 Å². The Kier molecular flexibility index (Phi) is 3.73. The van der Waals surface area contributed by atoms with Crippen molar-refractivity contribution < 1.29 is 24.3 Å². The van der Waals surface area contributed by atoms with Crippen LogP contribution < -0.4 is 4.74 Å². The monoisotopic (exact) mass is 401 g/mol. The second kappa shape index (κ2) is 5.88. The molecule has 6 heteroatoms. The fraction of sp³-hybridized carbons (Fsp3) is 0.739. The van der Waals surface area contributed by atoms with Gasteiger partial charge in [0.15, 0.2) is 11.5 Å². The molecule has 29 heavy (non-hydrogen) atoms. The van der Waals surface area contributed by atoms with Gasteiger partial charge in [0.2, 0.25) is 0 Å². The Morgan fingerprint density at radius 2 is 2.10 bits per heavy atom. The van der Waals surface area contributed by atoms with Gasteiger partial charge >= 0.3 is 0 Å². The van der Waals surface area contributed by atoms with Crippen LogP contribution in [0.5, 0.6) is 11.5 Å². The van der Waals surface area contributed by atoms with Crippen LogP contribution in [0.3, 0.4) is 0 Å². The van der Waals surface area contributed by atoms with Gasteiger partial charge < -0.3 is 29.5 Å². The third-order valence-electron chi connectivity index (χ3n) is 8.55. The minimum Gasteiger partial charge on any atom is -0.632 e. The van der Waals surface area contributed by atoms with Crippen molar-refractivity contribution in [1.82, 2.24) is 0 Å². The highest BCUT2D eigenvalue weighted by molar-refractivity contribution is 5.62. The first-order valence-corrected chi connectivity index (χ1v) is 11.4. The third-order valence-corrected chi connectivity index (χ3v) is 8.55. The Balaban J connectivity index is 1.59. The summed E-state index contributed by atoms with van der Waals surface area (Å²) in [5, 5.41) is 35.9. The maximum Gasteiger partial charge on any atom is 0.165 e. The predicted octanol–water partition coefficient (Wildman–Crippen LogP) is 2.76. The number of aromatic hydroxyl groups is 1. The lowest BCUT2D eigenvalue weighted by atomic mass is 9.48. The molecule has 0 amide bonds. The van der Waals surface area contributed by atoms with Crippen molar-refractivity contribution in [3.05, 3.63) is 28.5 Å². The molecular weight excluding hydrogens is 370 g/mol. The zero-order valence-corrected chi connectivity index (χ0v) is 17.1. The van der Waals surface area contributed by atoms with Crippen LogP contribution in [0, 0.1) is 11.1 Å². The van der Waals surface area contributed by atoms with Gasteiger partial charge in [0.1, 0.15) is 17.7 Å². The van der Waals surface area contributed by atoms with E-state index in [1.165, 1.54) is 12.8 Å². The molecule has 1 spiro atoms. The number of piperidine rings is 1. The number of ether oxygens (including phenoxy) is 2. The van der Waals surface area contributed by atoms with E-state index in [4.69, 9.17) is 9.47 Å². The second-order valence-corrected chi connectivity index (χ2v) is 10.1. The molecule has 6 nitrogen and oxygen atoms in total.